The zero-order valence-electron chi connectivity index (χ0n) is 7.97. The quantitative estimate of drug-likeness (QED) is 0.835. The van der Waals surface area contributed by atoms with Gasteiger partial charge in [-0.15, -0.1) is 0 Å². The van der Waals surface area contributed by atoms with Crippen LogP contribution in [0.4, 0.5) is 14.6 Å². The van der Waals surface area contributed by atoms with Gasteiger partial charge in [-0.25, -0.2) is 13.8 Å². The normalized spacial score (nSPS) is 10.7. The van der Waals surface area contributed by atoms with Crippen LogP contribution in [-0.4, -0.2) is 25.0 Å². The number of aromatic nitrogens is 1. The Bertz CT molecular complexity index is 318. The molecule has 5 heteroatoms. The largest absolute Gasteiger partial charge is 0.353 e. The first-order chi connectivity index (χ1) is 6.50. The summed E-state index contributed by atoms with van der Waals surface area (Å²) in [5, 5.41) is 0. The van der Waals surface area contributed by atoms with Crippen LogP contribution in [0.5, 0.6) is 0 Å². The monoisotopic (exact) mass is 264 g/mol. The minimum Gasteiger partial charge on any atom is -0.353 e. The minimum absolute atomic E-state index is 0.311. The summed E-state index contributed by atoms with van der Waals surface area (Å²) >= 11 is 3.29. The molecule has 0 aliphatic carbocycles. The van der Waals surface area contributed by atoms with Crippen LogP contribution < -0.4 is 4.90 Å². The Balaban J connectivity index is 2.84. The van der Waals surface area contributed by atoms with Crippen LogP contribution in [0, 0.1) is 6.92 Å². The standard InChI is InChI=1S/C9H11BrF2N2/c1-6-3-7(10)9(13-4-6)14(2)5-8(11)12/h3-4,8H,5H2,1-2H3. The maximum absolute atomic E-state index is 12.1. The van der Waals surface area contributed by atoms with Gasteiger partial charge in [-0.2, -0.15) is 0 Å². The van der Waals surface area contributed by atoms with Gasteiger partial charge in [-0.05, 0) is 34.5 Å². The van der Waals surface area contributed by atoms with E-state index in [0.717, 1.165) is 10.0 Å². The van der Waals surface area contributed by atoms with Gasteiger partial charge in [0, 0.05) is 13.2 Å². The Labute approximate surface area is 90.1 Å². The zero-order valence-corrected chi connectivity index (χ0v) is 9.55. The Hall–Kier alpha value is -0.710. The number of hydrogen-bond donors (Lipinski definition) is 0. The van der Waals surface area contributed by atoms with Crippen molar-refractivity contribution in [3.8, 4) is 0 Å². The summed E-state index contributed by atoms with van der Waals surface area (Å²) in [4.78, 5) is 5.50. The van der Waals surface area contributed by atoms with E-state index in [1.54, 1.807) is 13.2 Å². The molecule has 1 heterocycles. The smallest absolute Gasteiger partial charge is 0.255 e. The van der Waals surface area contributed by atoms with Crippen LogP contribution in [0.1, 0.15) is 5.56 Å². The second-order valence-electron chi connectivity index (χ2n) is 3.09. The van der Waals surface area contributed by atoms with E-state index in [2.05, 4.69) is 20.9 Å². The summed E-state index contributed by atoms with van der Waals surface area (Å²) in [6, 6.07) is 1.85. The Morgan fingerprint density at radius 2 is 2.21 bits per heavy atom. The first-order valence-corrected chi connectivity index (χ1v) is 4.91. The van der Waals surface area contributed by atoms with Crippen molar-refractivity contribution in [1.82, 2.24) is 4.98 Å². The molecule has 0 aliphatic heterocycles. The molecule has 0 aliphatic rings. The molecule has 0 fully saturated rings. The van der Waals surface area contributed by atoms with Crippen LogP contribution in [0.25, 0.3) is 0 Å². The third-order valence-corrected chi connectivity index (χ3v) is 2.32. The van der Waals surface area contributed by atoms with E-state index < -0.39 is 6.43 Å². The van der Waals surface area contributed by atoms with Gasteiger partial charge in [-0.3, -0.25) is 0 Å². The molecule has 0 atom stereocenters. The van der Waals surface area contributed by atoms with Crippen molar-refractivity contribution in [2.75, 3.05) is 18.5 Å². The van der Waals surface area contributed by atoms with E-state index in [9.17, 15) is 8.78 Å². The lowest BCUT2D eigenvalue weighted by Crippen LogP contribution is -2.25. The predicted octanol–water partition coefficient (Wildman–Crippen LogP) is 2.85. The van der Waals surface area contributed by atoms with Crippen LogP contribution in [0.2, 0.25) is 0 Å². The average molecular weight is 265 g/mol. The van der Waals surface area contributed by atoms with Gasteiger partial charge in [0.05, 0.1) is 11.0 Å². The van der Waals surface area contributed by atoms with E-state index in [4.69, 9.17) is 0 Å². The molecule has 0 aromatic carbocycles. The molecular formula is C9H11BrF2N2. The highest BCUT2D eigenvalue weighted by molar-refractivity contribution is 9.10. The van der Waals surface area contributed by atoms with Crippen molar-refractivity contribution in [3.05, 3.63) is 22.3 Å². The van der Waals surface area contributed by atoms with Gasteiger partial charge >= 0.3 is 0 Å². The molecule has 0 spiro atoms. The molecule has 14 heavy (non-hydrogen) atoms. The first kappa shape index (κ1) is 11.4. The van der Waals surface area contributed by atoms with Crippen molar-refractivity contribution >= 4 is 21.7 Å². The summed E-state index contributed by atoms with van der Waals surface area (Å²) in [5.74, 6) is 0.538. The topological polar surface area (TPSA) is 16.1 Å². The van der Waals surface area contributed by atoms with E-state index >= 15 is 0 Å². The Morgan fingerprint density at radius 3 is 2.71 bits per heavy atom. The van der Waals surface area contributed by atoms with Crippen LogP contribution >= 0.6 is 15.9 Å². The molecule has 0 saturated carbocycles. The number of halogens is 3. The van der Waals surface area contributed by atoms with Crippen LogP contribution in [-0.2, 0) is 0 Å². The lowest BCUT2D eigenvalue weighted by Gasteiger charge is -2.18. The first-order valence-electron chi connectivity index (χ1n) is 4.12. The highest BCUT2D eigenvalue weighted by Crippen LogP contribution is 2.23. The summed E-state index contributed by atoms with van der Waals surface area (Å²) in [6.45, 7) is 1.59. The predicted molar refractivity (Wildman–Crippen MR) is 55.9 cm³/mol. The highest BCUT2D eigenvalue weighted by atomic mass is 79.9. The SMILES string of the molecule is Cc1cnc(N(C)CC(F)F)c(Br)c1. The van der Waals surface area contributed by atoms with Crippen molar-refractivity contribution in [2.45, 2.75) is 13.3 Å². The fourth-order valence-corrected chi connectivity index (χ4v) is 1.87. The molecule has 1 aromatic rings. The summed E-state index contributed by atoms with van der Waals surface area (Å²) < 4.78 is 24.9. The fourth-order valence-electron chi connectivity index (χ4n) is 1.10. The van der Waals surface area contributed by atoms with Gasteiger partial charge in [-0.1, -0.05) is 0 Å². The molecule has 1 rings (SSSR count). The molecule has 2 nitrogen and oxygen atoms in total. The molecule has 0 bridgehead atoms. The zero-order chi connectivity index (χ0) is 10.7. The molecule has 0 radical (unpaired) electrons. The van der Waals surface area contributed by atoms with Gasteiger partial charge in [0.2, 0.25) is 0 Å². The van der Waals surface area contributed by atoms with E-state index in [0.29, 0.717) is 5.82 Å². The number of nitrogens with zero attached hydrogens (tertiary/aromatic N) is 2. The summed E-state index contributed by atoms with van der Waals surface area (Å²) in [5.41, 5.74) is 0.992. The number of alkyl halides is 2. The molecule has 0 saturated heterocycles. The average Bonchev–Trinajstić information content (AvgIpc) is 2.01. The molecular weight excluding hydrogens is 254 g/mol. The number of anilines is 1. The van der Waals surface area contributed by atoms with Crippen LogP contribution in [0.15, 0.2) is 16.7 Å². The molecule has 0 amide bonds. The number of rotatable bonds is 3. The minimum atomic E-state index is -2.35. The maximum Gasteiger partial charge on any atom is 0.255 e. The Morgan fingerprint density at radius 1 is 1.57 bits per heavy atom. The summed E-state index contributed by atoms with van der Waals surface area (Å²) in [6.07, 6.45) is -0.697. The van der Waals surface area contributed by atoms with E-state index in [-0.39, 0.29) is 6.54 Å². The van der Waals surface area contributed by atoms with Gasteiger partial charge < -0.3 is 4.90 Å². The second-order valence-corrected chi connectivity index (χ2v) is 3.94. The lowest BCUT2D eigenvalue weighted by molar-refractivity contribution is 0.156. The number of aryl methyl sites for hydroxylation is 1. The Kier molecular flexibility index (Phi) is 3.80. The van der Waals surface area contributed by atoms with Gasteiger partial charge in [0.15, 0.2) is 0 Å². The fraction of sp³-hybridized carbons (Fsp3) is 0.444. The maximum atomic E-state index is 12.1. The van der Waals surface area contributed by atoms with Crippen LogP contribution in [0.3, 0.4) is 0 Å². The molecule has 0 N–H and O–H groups in total. The highest BCUT2D eigenvalue weighted by Gasteiger charge is 2.12. The summed E-state index contributed by atoms with van der Waals surface area (Å²) in [7, 11) is 1.59. The van der Waals surface area contributed by atoms with Gasteiger partial charge in [0.25, 0.3) is 6.43 Å². The molecule has 78 valence electrons. The lowest BCUT2D eigenvalue weighted by atomic mass is 10.3. The third-order valence-electron chi connectivity index (χ3n) is 1.73. The van der Waals surface area contributed by atoms with Crippen molar-refractivity contribution in [1.29, 1.82) is 0 Å². The van der Waals surface area contributed by atoms with E-state index in [1.165, 1.54) is 4.90 Å². The molecule has 0 unspecified atom stereocenters. The van der Waals surface area contributed by atoms with Gasteiger partial charge in [0.1, 0.15) is 5.82 Å². The van der Waals surface area contributed by atoms with E-state index in [1.807, 2.05) is 13.0 Å². The number of hydrogen-bond acceptors (Lipinski definition) is 2. The van der Waals surface area contributed by atoms with Crippen molar-refractivity contribution in [2.24, 2.45) is 0 Å². The third kappa shape index (κ3) is 2.90. The second kappa shape index (κ2) is 4.68. The number of pyridine rings is 1. The van der Waals surface area contributed by atoms with Crippen molar-refractivity contribution < 1.29 is 8.78 Å². The van der Waals surface area contributed by atoms with Crippen molar-refractivity contribution in [3.63, 3.8) is 0 Å². The molecule has 1 aromatic heterocycles.